The summed E-state index contributed by atoms with van der Waals surface area (Å²) in [4.78, 5) is 12.1. The van der Waals surface area contributed by atoms with Crippen LogP contribution in [0.25, 0.3) is 0 Å². The minimum Gasteiger partial charge on any atom is -0.310 e. The van der Waals surface area contributed by atoms with Gasteiger partial charge in [0.1, 0.15) is 5.82 Å². The number of anilines is 1. The van der Waals surface area contributed by atoms with Crippen molar-refractivity contribution >= 4 is 11.7 Å². The maximum Gasteiger partial charge on any atom is 0.239 e. The molecule has 2 atom stereocenters. The Kier molecular flexibility index (Phi) is 5.92. The highest BCUT2D eigenvalue weighted by Crippen LogP contribution is 2.11. The lowest BCUT2D eigenvalue weighted by molar-refractivity contribution is -0.115. The van der Waals surface area contributed by atoms with Crippen LogP contribution in [-0.2, 0) is 11.3 Å². The number of hydrogen-bond acceptors (Lipinski definition) is 4. The average Bonchev–Trinajstić information content (AvgIpc) is 3.14. The highest BCUT2D eigenvalue weighted by Gasteiger charge is 2.16. The van der Waals surface area contributed by atoms with Gasteiger partial charge in [-0.05, 0) is 32.8 Å². The molecule has 0 aliphatic carbocycles. The van der Waals surface area contributed by atoms with Gasteiger partial charge >= 0.3 is 0 Å². The van der Waals surface area contributed by atoms with Gasteiger partial charge in [-0.15, -0.1) is 0 Å². The van der Waals surface area contributed by atoms with Crippen LogP contribution in [0.5, 0.6) is 0 Å². The van der Waals surface area contributed by atoms with Gasteiger partial charge in [0.15, 0.2) is 0 Å². The predicted molar refractivity (Wildman–Crippen MR) is 90.3 cm³/mol. The van der Waals surface area contributed by atoms with Gasteiger partial charge in [0.05, 0.1) is 25.0 Å². The minimum atomic E-state index is -0.0708. The standard InChI is InChI=1S/C16H26N6O/c1-5-8-21-15(6-7-18-21)20-16(23)10-17-13(3)14(4)22-11-12(2)9-19-22/h6-7,9,11,13-14,17H,5,8,10H2,1-4H3,(H,20,23)/t13-,14+/m1/s1. The van der Waals surface area contributed by atoms with Crippen molar-refractivity contribution in [1.29, 1.82) is 0 Å². The average molecular weight is 318 g/mol. The Labute approximate surface area is 137 Å². The van der Waals surface area contributed by atoms with Gasteiger partial charge in [0.2, 0.25) is 5.91 Å². The van der Waals surface area contributed by atoms with E-state index < -0.39 is 0 Å². The van der Waals surface area contributed by atoms with Crippen molar-refractivity contribution in [1.82, 2.24) is 24.9 Å². The van der Waals surface area contributed by atoms with Crippen LogP contribution in [0.15, 0.2) is 24.7 Å². The lowest BCUT2D eigenvalue weighted by Gasteiger charge is -2.21. The van der Waals surface area contributed by atoms with Crippen LogP contribution in [0.1, 0.15) is 38.8 Å². The number of aromatic nitrogens is 4. The molecule has 2 heterocycles. The van der Waals surface area contributed by atoms with E-state index in [0.29, 0.717) is 0 Å². The number of carbonyl (C=O) groups is 1. The maximum absolute atomic E-state index is 12.1. The van der Waals surface area contributed by atoms with Crippen LogP contribution in [0.3, 0.4) is 0 Å². The number of aryl methyl sites for hydroxylation is 2. The first kappa shape index (κ1) is 17.2. The van der Waals surface area contributed by atoms with Crippen LogP contribution in [0.4, 0.5) is 5.82 Å². The van der Waals surface area contributed by atoms with E-state index in [9.17, 15) is 4.79 Å². The zero-order valence-corrected chi connectivity index (χ0v) is 14.3. The van der Waals surface area contributed by atoms with Gasteiger partial charge in [-0.2, -0.15) is 10.2 Å². The van der Waals surface area contributed by atoms with Gasteiger partial charge < -0.3 is 10.6 Å². The second-order valence-electron chi connectivity index (χ2n) is 5.90. The third-order valence-corrected chi connectivity index (χ3v) is 3.88. The van der Waals surface area contributed by atoms with E-state index >= 15 is 0 Å². The molecule has 126 valence electrons. The van der Waals surface area contributed by atoms with Crippen molar-refractivity contribution in [2.75, 3.05) is 11.9 Å². The summed E-state index contributed by atoms with van der Waals surface area (Å²) in [6.45, 7) is 9.27. The van der Waals surface area contributed by atoms with Crippen molar-refractivity contribution < 1.29 is 4.79 Å². The fraction of sp³-hybridized carbons (Fsp3) is 0.562. The molecule has 0 aliphatic rings. The molecular weight excluding hydrogens is 292 g/mol. The normalized spacial score (nSPS) is 13.7. The molecule has 0 saturated carbocycles. The molecule has 2 rings (SSSR count). The number of rotatable bonds is 8. The Morgan fingerprint density at radius 2 is 2.13 bits per heavy atom. The van der Waals surface area contributed by atoms with E-state index in [1.165, 1.54) is 0 Å². The third kappa shape index (κ3) is 4.66. The number of amides is 1. The molecule has 2 aromatic heterocycles. The van der Waals surface area contributed by atoms with Crippen molar-refractivity contribution in [3.8, 4) is 0 Å². The number of nitrogens with zero attached hydrogens (tertiary/aromatic N) is 4. The molecule has 0 unspecified atom stereocenters. The molecule has 2 N–H and O–H groups in total. The van der Waals surface area contributed by atoms with Crippen LogP contribution in [0, 0.1) is 6.92 Å². The second-order valence-corrected chi connectivity index (χ2v) is 5.90. The van der Waals surface area contributed by atoms with E-state index in [0.717, 1.165) is 24.3 Å². The molecule has 1 amide bonds. The minimum absolute atomic E-state index is 0.0708. The highest BCUT2D eigenvalue weighted by molar-refractivity contribution is 5.91. The Balaban J connectivity index is 1.82. The van der Waals surface area contributed by atoms with E-state index in [4.69, 9.17) is 0 Å². The number of carbonyl (C=O) groups excluding carboxylic acids is 1. The maximum atomic E-state index is 12.1. The largest absolute Gasteiger partial charge is 0.310 e. The smallest absolute Gasteiger partial charge is 0.239 e. The van der Waals surface area contributed by atoms with Gasteiger partial charge in [-0.3, -0.25) is 9.48 Å². The van der Waals surface area contributed by atoms with Crippen molar-refractivity contribution in [3.63, 3.8) is 0 Å². The number of hydrogen-bond donors (Lipinski definition) is 2. The second kappa shape index (κ2) is 7.92. The van der Waals surface area contributed by atoms with E-state index in [-0.39, 0.29) is 24.5 Å². The Bertz CT molecular complexity index is 632. The highest BCUT2D eigenvalue weighted by atomic mass is 16.2. The molecule has 0 bridgehead atoms. The fourth-order valence-corrected chi connectivity index (χ4v) is 2.32. The summed E-state index contributed by atoms with van der Waals surface area (Å²) in [5.41, 5.74) is 1.13. The summed E-state index contributed by atoms with van der Waals surface area (Å²) in [6, 6.07) is 2.11. The molecule has 0 spiro atoms. The third-order valence-electron chi connectivity index (χ3n) is 3.88. The summed E-state index contributed by atoms with van der Waals surface area (Å²) in [5, 5.41) is 14.7. The first-order chi connectivity index (χ1) is 11.0. The summed E-state index contributed by atoms with van der Waals surface area (Å²) >= 11 is 0. The van der Waals surface area contributed by atoms with Crippen molar-refractivity contribution in [3.05, 3.63) is 30.2 Å². The summed E-state index contributed by atoms with van der Waals surface area (Å²) in [5.74, 6) is 0.667. The van der Waals surface area contributed by atoms with Crippen LogP contribution < -0.4 is 10.6 Å². The van der Waals surface area contributed by atoms with E-state index in [2.05, 4.69) is 41.6 Å². The molecule has 0 radical (unpaired) electrons. The topological polar surface area (TPSA) is 76.8 Å². The molecule has 0 aromatic carbocycles. The van der Waals surface area contributed by atoms with Crippen LogP contribution >= 0.6 is 0 Å². The Hall–Kier alpha value is -2.15. The summed E-state index contributed by atoms with van der Waals surface area (Å²) < 4.78 is 3.72. The first-order valence-corrected chi connectivity index (χ1v) is 8.07. The molecule has 7 heteroatoms. The molecule has 23 heavy (non-hydrogen) atoms. The molecule has 0 aliphatic heterocycles. The van der Waals surface area contributed by atoms with E-state index in [1.54, 1.807) is 10.9 Å². The number of nitrogens with one attached hydrogen (secondary N) is 2. The fourth-order valence-electron chi connectivity index (χ4n) is 2.32. The van der Waals surface area contributed by atoms with Crippen LogP contribution in [0.2, 0.25) is 0 Å². The monoisotopic (exact) mass is 318 g/mol. The predicted octanol–water partition coefficient (Wildman–Crippen LogP) is 1.98. The van der Waals surface area contributed by atoms with Gasteiger partial charge in [0.25, 0.3) is 0 Å². The van der Waals surface area contributed by atoms with Crippen molar-refractivity contribution in [2.24, 2.45) is 0 Å². The summed E-state index contributed by atoms with van der Waals surface area (Å²) in [6.07, 6.45) is 6.51. The van der Waals surface area contributed by atoms with Gasteiger partial charge in [-0.25, -0.2) is 4.68 Å². The molecule has 7 nitrogen and oxygen atoms in total. The Morgan fingerprint density at radius 3 is 2.78 bits per heavy atom. The van der Waals surface area contributed by atoms with E-state index in [1.807, 2.05) is 30.1 Å². The first-order valence-electron chi connectivity index (χ1n) is 8.07. The van der Waals surface area contributed by atoms with Gasteiger partial charge in [-0.1, -0.05) is 6.92 Å². The lowest BCUT2D eigenvalue weighted by atomic mass is 10.2. The zero-order chi connectivity index (χ0) is 16.8. The molecule has 0 fully saturated rings. The molecule has 2 aromatic rings. The Morgan fingerprint density at radius 1 is 1.35 bits per heavy atom. The zero-order valence-electron chi connectivity index (χ0n) is 14.3. The lowest BCUT2D eigenvalue weighted by Crippen LogP contribution is -2.39. The quantitative estimate of drug-likeness (QED) is 0.780. The van der Waals surface area contributed by atoms with Gasteiger partial charge in [0, 0.05) is 24.8 Å². The molecular formula is C16H26N6O. The van der Waals surface area contributed by atoms with Crippen molar-refractivity contribution in [2.45, 2.75) is 52.7 Å². The SMILES string of the molecule is CCCn1nccc1NC(=O)CN[C@H](C)[C@H](C)n1cc(C)cn1. The summed E-state index contributed by atoms with van der Waals surface area (Å²) in [7, 11) is 0. The molecule has 0 saturated heterocycles. The van der Waals surface area contributed by atoms with Crippen LogP contribution in [-0.4, -0.2) is 38.1 Å².